The van der Waals surface area contributed by atoms with E-state index in [4.69, 9.17) is 48.1 Å². The topological polar surface area (TPSA) is 266 Å². The fourth-order valence-corrected chi connectivity index (χ4v) is 19.1. The Kier molecular flexibility index (Phi) is 44.1. The van der Waals surface area contributed by atoms with Gasteiger partial charge in [0.05, 0.1) is 60.0 Å². The molecule has 7 N–H and O–H groups in total. The quantitative estimate of drug-likeness (QED) is 0.0206. The molecule has 10 saturated heterocycles. The molecule has 41 heteroatoms. The van der Waals surface area contributed by atoms with Crippen LogP contribution in [0, 0.1) is 85.2 Å². The van der Waals surface area contributed by atoms with Crippen molar-refractivity contribution in [3.05, 3.63) is 162 Å². The predicted octanol–water partition coefficient (Wildman–Crippen LogP) is 21.2. The number of halogens is 13. The Morgan fingerprint density at radius 1 is 0.421 bits per heavy atom. The molecule has 17 rings (SSSR count). The van der Waals surface area contributed by atoms with Crippen LogP contribution >= 0.6 is 57.6 Å². The number of morpholine rings is 2. The molecule has 3 aromatic heterocycles. The normalized spacial score (nSPS) is 21.1. The van der Waals surface area contributed by atoms with E-state index in [0.29, 0.717) is 56.2 Å². The summed E-state index contributed by atoms with van der Waals surface area (Å²) in [5.41, 5.74) is 17.9. The molecule has 10 aliphatic rings. The van der Waals surface area contributed by atoms with E-state index in [2.05, 4.69) is 169 Å². The van der Waals surface area contributed by atoms with E-state index in [9.17, 15) is 58.3 Å². The van der Waals surface area contributed by atoms with Gasteiger partial charge < -0.3 is 94.2 Å². The number of nitrogens with two attached hydrogens (primary N) is 1. The van der Waals surface area contributed by atoms with E-state index >= 15 is 0 Å². The van der Waals surface area contributed by atoms with Crippen molar-refractivity contribution in [1.29, 1.82) is 0 Å². The number of ether oxygens (including phenoxy) is 2. The molecule has 4 aromatic carbocycles. The number of carbonyl (C=O) groups is 3. The maximum atomic E-state index is 12.7. The van der Waals surface area contributed by atoms with Gasteiger partial charge in [-0.15, -0.1) is 12.4 Å². The zero-order valence-corrected chi connectivity index (χ0v) is 92.7. The van der Waals surface area contributed by atoms with E-state index in [-0.39, 0.29) is 55.8 Å². The van der Waals surface area contributed by atoms with Gasteiger partial charge in [-0.25, -0.2) is 29.3 Å². The molecule has 25 nitrogen and oxygen atoms in total. The number of rotatable bonds is 13. The van der Waals surface area contributed by atoms with Crippen molar-refractivity contribution in [1.82, 2.24) is 40.3 Å². The largest absolute Gasteiger partial charge is 0.495 e. The first-order valence-electron chi connectivity index (χ1n) is 49.9. The van der Waals surface area contributed by atoms with Crippen molar-refractivity contribution in [2.45, 2.75) is 261 Å². The number of alkyl halides is 9. The van der Waals surface area contributed by atoms with Gasteiger partial charge in [-0.05, 0) is 377 Å². The summed E-state index contributed by atoms with van der Waals surface area (Å²) in [4.78, 5) is 59.9. The van der Waals surface area contributed by atoms with Crippen molar-refractivity contribution in [2.24, 2.45) is 23.7 Å². The lowest BCUT2D eigenvalue weighted by Gasteiger charge is -2.32. The van der Waals surface area contributed by atoms with Crippen LogP contribution in [-0.4, -0.2) is 239 Å². The van der Waals surface area contributed by atoms with Gasteiger partial charge in [0.15, 0.2) is 0 Å². The lowest BCUT2D eigenvalue weighted by Crippen LogP contribution is -2.41. The number of likely N-dealkylation sites (tertiary alicyclic amines) is 3. The molecular weight excluding hydrogens is 2130 g/mol. The summed E-state index contributed by atoms with van der Waals surface area (Å²) < 4.78 is 172. The van der Waals surface area contributed by atoms with Crippen LogP contribution in [0.1, 0.15) is 200 Å². The number of aromatic nitrogens is 3. The molecule has 13 heterocycles. The van der Waals surface area contributed by atoms with Crippen LogP contribution in [0.3, 0.4) is 0 Å². The summed E-state index contributed by atoms with van der Waals surface area (Å²) in [7, 11) is -1.44. The minimum Gasteiger partial charge on any atom is -0.399 e. The average molecular weight is 2280 g/mol. The highest BCUT2D eigenvalue weighted by Gasteiger charge is 2.55. The number of amides is 6. The fraction of sp³-hybridized carbons (Fsp3) is 0.596. The first-order valence-corrected chi connectivity index (χ1v) is 52.1. The Bertz CT molecular complexity index is 5130. The number of carbonyl (C=O) groups excluding carboxylic acids is 3. The molecule has 4 atom stereocenters. The lowest BCUT2D eigenvalue weighted by molar-refractivity contribution is -0.144. The van der Waals surface area contributed by atoms with Gasteiger partial charge in [0.2, 0.25) is 5.95 Å². The Hall–Kier alpha value is -7.62. The van der Waals surface area contributed by atoms with Crippen molar-refractivity contribution in [3.8, 4) is 11.1 Å². The second-order valence-electron chi connectivity index (χ2n) is 41.8. The smallest absolute Gasteiger partial charge is 0.399 e. The summed E-state index contributed by atoms with van der Waals surface area (Å²) in [6, 6.07) is 33.8. The van der Waals surface area contributed by atoms with Crippen LogP contribution in [0.2, 0.25) is 0 Å². The maximum Gasteiger partial charge on any atom is 0.495 e. The zero-order chi connectivity index (χ0) is 106. The summed E-state index contributed by atoms with van der Waals surface area (Å²) in [6.45, 7) is 53.1. The number of aryl methyl sites for hydroxylation is 7. The van der Waals surface area contributed by atoms with Crippen LogP contribution < -0.4 is 58.5 Å². The van der Waals surface area contributed by atoms with E-state index < -0.39 is 104 Å². The molecule has 0 saturated carbocycles. The van der Waals surface area contributed by atoms with Gasteiger partial charge in [0, 0.05) is 138 Å². The highest BCUT2D eigenvalue weighted by molar-refractivity contribution is 14.1. The number of nitrogen functional groups attached to an aromatic ring is 1. The van der Waals surface area contributed by atoms with Crippen LogP contribution in [0.4, 0.5) is 92.7 Å². The summed E-state index contributed by atoms with van der Waals surface area (Å²) in [5, 5.41) is 14.9. The lowest BCUT2D eigenvalue weighted by atomic mass is 9.76. The molecule has 0 spiro atoms. The van der Waals surface area contributed by atoms with Gasteiger partial charge in [0.25, 0.3) is 0 Å². The number of pyridine rings is 3. The maximum absolute atomic E-state index is 12.7. The highest BCUT2D eigenvalue weighted by Crippen LogP contribution is 2.42. The van der Waals surface area contributed by atoms with E-state index in [1.54, 1.807) is 31.2 Å². The summed E-state index contributed by atoms with van der Waals surface area (Å²) in [5.74, 6) is 1.03. The van der Waals surface area contributed by atoms with Crippen molar-refractivity contribution >= 4 is 148 Å². The molecule has 6 amide bonds. The van der Waals surface area contributed by atoms with Crippen LogP contribution in [-0.2, 0) is 37.4 Å². The SMILES string of the molecule is C1CCNCC1.CC[C@@H]1CCN(C(=O)Nc2ccc(C)c(-c3cc(C)nc(N4CCOCC4)c3)c2)C1.Cc1cc(I)cc(F)n1.Cc1cc(I)cc(N2CCOCC2)n1.Cc1ccc(N)cc1B1OC(C)(C)C(C)(C)O1.Cc1ccc(NC(=O)N2CC[C@@H](CC(F)(F)F)C2)cc1B1OC(C)(C)C(C)(C)O1.Cc1ccc(NC(=O)N2CC[C@@H](CC(F)(F)F)C2)cc1B1OC(C)(C)C(C)(C)O1.Cl.FC(F)(F)C[C@@H]1CCNC1. The van der Waals surface area contributed by atoms with Gasteiger partial charge in [-0.3, -0.25) is 0 Å². The first-order chi connectivity index (χ1) is 67.3. The van der Waals surface area contributed by atoms with Gasteiger partial charge in [-0.1, -0.05) is 60.7 Å². The number of benzene rings is 4. The third kappa shape index (κ3) is 36.9. The molecule has 7 aromatic rings. The Morgan fingerprint density at radius 3 is 1.12 bits per heavy atom. The Morgan fingerprint density at radius 2 is 0.772 bits per heavy atom. The first kappa shape index (κ1) is 121. The van der Waals surface area contributed by atoms with Crippen LogP contribution in [0.5, 0.6) is 0 Å². The molecule has 10 fully saturated rings. The number of hydrogen-bond donors (Lipinski definition) is 6. The van der Waals surface area contributed by atoms with E-state index in [1.165, 1.54) is 57.4 Å². The molecule has 0 aliphatic carbocycles. The predicted molar refractivity (Wildman–Crippen MR) is 577 cm³/mol. The van der Waals surface area contributed by atoms with Crippen LogP contribution in [0.15, 0.2) is 109 Å². The average Bonchev–Trinajstić information content (AvgIpc) is 1.61. The molecule has 0 bridgehead atoms. The molecule has 145 heavy (non-hydrogen) atoms. The summed E-state index contributed by atoms with van der Waals surface area (Å²) >= 11 is 4.38. The van der Waals surface area contributed by atoms with Gasteiger partial charge >= 0.3 is 58.0 Å². The fourth-order valence-electron chi connectivity index (χ4n) is 17.7. The number of hydrogen-bond acceptors (Lipinski definition) is 19. The number of piperidine rings is 1. The van der Waals surface area contributed by atoms with Crippen molar-refractivity contribution in [3.63, 3.8) is 0 Å². The molecule has 0 radical (unpaired) electrons. The molecular formula is C104H148B3ClF10I2N14O11. The Balaban J connectivity index is 0.000000193. The van der Waals surface area contributed by atoms with Crippen LogP contribution in [0.25, 0.3) is 11.1 Å². The van der Waals surface area contributed by atoms with Crippen molar-refractivity contribution in [2.75, 3.05) is 150 Å². The zero-order valence-electron chi connectivity index (χ0n) is 87.5. The number of urea groups is 3. The molecule has 0 unspecified atom stereocenters. The minimum atomic E-state index is -4.20. The van der Waals surface area contributed by atoms with E-state index in [0.717, 1.165) is 173 Å². The minimum absolute atomic E-state index is 0. The summed E-state index contributed by atoms with van der Waals surface area (Å²) in [6.07, 6.45) is -6.88. The molecule has 10 aliphatic heterocycles. The van der Waals surface area contributed by atoms with Crippen molar-refractivity contribution < 1.29 is 95.7 Å². The third-order valence-electron chi connectivity index (χ3n) is 28.3. The van der Waals surface area contributed by atoms with Gasteiger partial charge in [0.1, 0.15) is 11.6 Å². The second kappa shape index (κ2) is 52.9. The number of anilines is 6. The highest BCUT2D eigenvalue weighted by atomic mass is 127. The number of nitrogens with one attached hydrogen (secondary N) is 5. The molecule has 800 valence electrons. The third-order valence-corrected chi connectivity index (χ3v) is 29.6. The van der Waals surface area contributed by atoms with Gasteiger partial charge in [-0.2, -0.15) is 43.9 Å². The second-order valence-corrected chi connectivity index (χ2v) is 44.3. The monoisotopic (exact) mass is 2280 g/mol. The Labute approximate surface area is 884 Å². The number of nitrogens with zero attached hydrogens (tertiary/aromatic N) is 8. The standard InChI is InChI=1S/C24H32N4O2.2C20H28BF3N2O3.C13H20BNO2.C10H13IN2O.C6H10F3N.C6H5FIN.C5H11N.ClH/c1-4-19-7-8-28(16-19)24(29)26-21-6-5-17(2)22(15-21)20-13-18(3)25-23(14-20)27-9-11-30-12-10-27;2*1-13-6-7-15(10-16(13)21-28-18(2,3)19(4,5)29-21)25-17(27)26-9-8-14(12-26)11-20(22,23)24;1-9-6-7-10(15)8-11(9)14-16-12(2,3)13(4,5)17-14;1-8-6-9(11)7-10(12-8)13-2-4-14-5-3-13;7-6(8,9)3-5-1-2-10-4-5;1-4-2-5(8)3-6(7)9-4;1-2-4-6-5-3-1;/h5-6,13-15,19H,4,7-12,16H2,1-3H3,(H,26,29);2*6-7,10,14H,8-9,11-12H2,1-5H3,(H,25,27);6-8H,15H2,1-5H3;6-7H,2-5H2,1H3;5,10H,1-4H2;2-3H,1H3;6H,1-5H2;1H/t19-;2*14-;;;5-;;;/m100..0.../s1. The van der Waals surface area contributed by atoms with E-state index in [1.807, 2.05) is 137 Å².